The Hall–Kier alpha value is -2.34. The number of hydrogen-bond acceptors (Lipinski definition) is 6. The molecule has 102 valence electrons. The van der Waals surface area contributed by atoms with Crippen LogP contribution >= 0.6 is 11.3 Å². The van der Waals surface area contributed by atoms with Gasteiger partial charge in [0.25, 0.3) is 0 Å². The van der Waals surface area contributed by atoms with E-state index in [0.29, 0.717) is 0 Å². The number of rotatable bonds is 4. The van der Waals surface area contributed by atoms with Gasteiger partial charge in [0, 0.05) is 12.3 Å². The van der Waals surface area contributed by atoms with Crippen molar-refractivity contribution in [1.29, 1.82) is 0 Å². The second kappa shape index (κ2) is 5.34. The minimum Gasteiger partial charge on any atom is -0.497 e. The fourth-order valence-electron chi connectivity index (χ4n) is 1.94. The Bertz CT molecular complexity index is 742. The quantitative estimate of drug-likeness (QED) is 0.796. The van der Waals surface area contributed by atoms with Crippen LogP contribution in [0.1, 0.15) is 0 Å². The Labute approximate surface area is 120 Å². The third-order valence-electron chi connectivity index (χ3n) is 2.92. The molecule has 0 bridgehead atoms. The Kier molecular flexibility index (Phi) is 3.39. The molecular weight excluding hydrogens is 274 g/mol. The molecule has 0 aliphatic carbocycles. The van der Waals surface area contributed by atoms with Crippen LogP contribution < -0.4 is 14.8 Å². The van der Waals surface area contributed by atoms with Crippen molar-refractivity contribution in [2.75, 3.05) is 19.5 Å². The van der Waals surface area contributed by atoms with Gasteiger partial charge >= 0.3 is 0 Å². The summed E-state index contributed by atoms with van der Waals surface area (Å²) in [5, 5.41) is 3.30. The minimum absolute atomic E-state index is 0.734. The molecule has 0 amide bonds. The average molecular weight is 287 g/mol. The summed E-state index contributed by atoms with van der Waals surface area (Å²) in [5.74, 6) is 1.49. The smallest absolute Gasteiger partial charge is 0.142 e. The predicted molar refractivity (Wildman–Crippen MR) is 80.2 cm³/mol. The van der Waals surface area contributed by atoms with E-state index in [0.717, 1.165) is 33.1 Å². The lowest BCUT2D eigenvalue weighted by molar-refractivity contribution is 0.405. The molecule has 3 rings (SSSR count). The van der Waals surface area contributed by atoms with Crippen molar-refractivity contribution in [1.82, 2.24) is 9.97 Å². The predicted octanol–water partition coefficient (Wildman–Crippen LogP) is 3.45. The van der Waals surface area contributed by atoms with E-state index in [1.807, 2.05) is 18.2 Å². The number of benzene rings is 1. The molecule has 1 N–H and O–H groups in total. The van der Waals surface area contributed by atoms with Crippen molar-refractivity contribution >= 4 is 32.9 Å². The van der Waals surface area contributed by atoms with E-state index in [2.05, 4.69) is 15.3 Å². The molecule has 0 aliphatic heterocycles. The first kappa shape index (κ1) is 12.7. The average Bonchev–Trinajstić information content (AvgIpc) is 2.96. The summed E-state index contributed by atoms with van der Waals surface area (Å²) in [5.41, 5.74) is 4.36. The van der Waals surface area contributed by atoms with E-state index in [-0.39, 0.29) is 0 Å². The fraction of sp³-hybridized carbons (Fsp3) is 0.143. The number of methoxy groups -OCH3 is 2. The third-order valence-corrected chi connectivity index (χ3v) is 3.68. The normalized spacial score (nSPS) is 10.5. The number of thiazole rings is 1. The molecule has 6 heteroatoms. The second-order valence-corrected chi connectivity index (χ2v) is 4.96. The Morgan fingerprint density at radius 2 is 2.00 bits per heavy atom. The van der Waals surface area contributed by atoms with Gasteiger partial charge in [0.05, 0.1) is 42.0 Å². The monoisotopic (exact) mass is 287 g/mol. The van der Waals surface area contributed by atoms with Crippen LogP contribution in [-0.4, -0.2) is 24.2 Å². The SMILES string of the molecule is COc1ccc(OC)c(Nc2cncc3scnc23)c1. The first-order chi connectivity index (χ1) is 9.81. The van der Waals surface area contributed by atoms with E-state index in [9.17, 15) is 0 Å². The number of hydrogen-bond donors (Lipinski definition) is 1. The lowest BCUT2D eigenvalue weighted by Gasteiger charge is -2.12. The zero-order chi connectivity index (χ0) is 13.9. The summed E-state index contributed by atoms with van der Waals surface area (Å²) in [6.07, 6.45) is 3.56. The van der Waals surface area contributed by atoms with Gasteiger partial charge in [-0.2, -0.15) is 0 Å². The number of nitrogens with zero attached hydrogens (tertiary/aromatic N) is 2. The molecule has 0 saturated heterocycles. The maximum Gasteiger partial charge on any atom is 0.142 e. The summed E-state index contributed by atoms with van der Waals surface area (Å²) in [4.78, 5) is 8.57. The molecule has 20 heavy (non-hydrogen) atoms. The Morgan fingerprint density at radius 3 is 2.80 bits per heavy atom. The minimum atomic E-state index is 0.734. The molecule has 0 unspecified atom stereocenters. The number of fused-ring (bicyclic) bond motifs is 1. The van der Waals surface area contributed by atoms with Crippen molar-refractivity contribution in [2.45, 2.75) is 0 Å². The van der Waals surface area contributed by atoms with Crippen molar-refractivity contribution in [2.24, 2.45) is 0 Å². The number of ether oxygens (including phenoxy) is 2. The molecule has 0 spiro atoms. The highest BCUT2D eigenvalue weighted by Crippen LogP contribution is 2.33. The standard InChI is InChI=1S/C14H13N3O2S/c1-18-9-3-4-12(19-2)10(5-9)17-11-6-15-7-13-14(11)16-8-20-13/h3-8,17H,1-2H3. The van der Waals surface area contributed by atoms with Gasteiger partial charge < -0.3 is 14.8 Å². The van der Waals surface area contributed by atoms with Crippen molar-refractivity contribution in [3.05, 3.63) is 36.1 Å². The Balaban J connectivity index is 2.04. The van der Waals surface area contributed by atoms with Crippen LogP contribution in [0.5, 0.6) is 11.5 Å². The molecular formula is C14H13N3O2S. The lowest BCUT2D eigenvalue weighted by Crippen LogP contribution is -1.97. The molecule has 2 heterocycles. The van der Waals surface area contributed by atoms with E-state index in [1.165, 1.54) is 0 Å². The van der Waals surface area contributed by atoms with Gasteiger partial charge in [0.15, 0.2) is 0 Å². The van der Waals surface area contributed by atoms with E-state index < -0.39 is 0 Å². The van der Waals surface area contributed by atoms with Gasteiger partial charge in [0.2, 0.25) is 0 Å². The van der Waals surface area contributed by atoms with Crippen LogP contribution in [0.4, 0.5) is 11.4 Å². The summed E-state index contributed by atoms with van der Waals surface area (Å²) < 4.78 is 11.6. The number of pyridine rings is 1. The maximum absolute atomic E-state index is 5.35. The van der Waals surface area contributed by atoms with Crippen LogP contribution in [0, 0.1) is 0 Å². The zero-order valence-electron chi connectivity index (χ0n) is 11.1. The summed E-state index contributed by atoms with van der Waals surface area (Å²) in [6.45, 7) is 0. The fourth-order valence-corrected chi connectivity index (χ4v) is 2.61. The largest absolute Gasteiger partial charge is 0.497 e. The number of anilines is 2. The first-order valence-corrected chi connectivity index (χ1v) is 6.86. The molecule has 0 atom stereocenters. The van der Waals surface area contributed by atoms with Crippen LogP contribution in [0.25, 0.3) is 10.2 Å². The Morgan fingerprint density at radius 1 is 1.10 bits per heavy atom. The van der Waals surface area contributed by atoms with Crippen LogP contribution in [-0.2, 0) is 0 Å². The van der Waals surface area contributed by atoms with Crippen molar-refractivity contribution in [3.63, 3.8) is 0 Å². The van der Waals surface area contributed by atoms with E-state index in [4.69, 9.17) is 9.47 Å². The lowest BCUT2D eigenvalue weighted by atomic mass is 10.2. The van der Waals surface area contributed by atoms with Gasteiger partial charge in [-0.05, 0) is 12.1 Å². The highest BCUT2D eigenvalue weighted by Gasteiger charge is 2.09. The highest BCUT2D eigenvalue weighted by molar-refractivity contribution is 7.16. The number of aromatic nitrogens is 2. The first-order valence-electron chi connectivity index (χ1n) is 5.98. The van der Waals surface area contributed by atoms with Gasteiger partial charge in [0.1, 0.15) is 17.0 Å². The maximum atomic E-state index is 5.35. The van der Waals surface area contributed by atoms with Crippen molar-refractivity contribution < 1.29 is 9.47 Å². The molecule has 5 nitrogen and oxygen atoms in total. The summed E-state index contributed by atoms with van der Waals surface area (Å²) in [6, 6.07) is 5.59. The van der Waals surface area contributed by atoms with Gasteiger partial charge in [-0.15, -0.1) is 11.3 Å². The topological polar surface area (TPSA) is 56.3 Å². The number of nitrogens with one attached hydrogen (secondary N) is 1. The van der Waals surface area contributed by atoms with Gasteiger partial charge in [-0.1, -0.05) is 0 Å². The zero-order valence-corrected chi connectivity index (χ0v) is 11.9. The molecule has 3 aromatic rings. The third kappa shape index (κ3) is 2.25. The molecule has 0 fully saturated rings. The second-order valence-electron chi connectivity index (χ2n) is 4.08. The summed E-state index contributed by atoms with van der Waals surface area (Å²) >= 11 is 1.56. The molecule has 2 aromatic heterocycles. The summed E-state index contributed by atoms with van der Waals surface area (Å²) in [7, 11) is 3.27. The van der Waals surface area contributed by atoms with Crippen LogP contribution in [0.15, 0.2) is 36.1 Å². The van der Waals surface area contributed by atoms with Crippen LogP contribution in [0.2, 0.25) is 0 Å². The van der Waals surface area contributed by atoms with E-state index >= 15 is 0 Å². The van der Waals surface area contributed by atoms with Gasteiger partial charge in [-0.3, -0.25) is 4.98 Å². The van der Waals surface area contributed by atoms with Crippen LogP contribution in [0.3, 0.4) is 0 Å². The molecule has 0 radical (unpaired) electrons. The van der Waals surface area contributed by atoms with Crippen molar-refractivity contribution in [3.8, 4) is 11.5 Å². The van der Waals surface area contributed by atoms with Gasteiger partial charge in [-0.25, -0.2) is 4.98 Å². The molecule has 0 aliphatic rings. The molecule has 0 saturated carbocycles. The van der Waals surface area contributed by atoms with E-state index in [1.54, 1.807) is 43.5 Å². The highest BCUT2D eigenvalue weighted by atomic mass is 32.1. The molecule has 1 aromatic carbocycles.